The van der Waals surface area contributed by atoms with Gasteiger partial charge in [-0.05, 0) is 35.9 Å². The van der Waals surface area contributed by atoms with Crippen molar-refractivity contribution in [2.45, 2.75) is 25.7 Å². The molecule has 0 aliphatic heterocycles. The third-order valence-electron chi connectivity index (χ3n) is 5.63. The number of ketones is 1. The van der Waals surface area contributed by atoms with Crippen LogP contribution in [0.25, 0.3) is 10.9 Å². The number of carbonyl (C=O) groups excluding carboxylic acids is 1. The standard InChI is InChI=1S/C23H22N2O3/c1-23(2)18-12-15(28-10-4-9-26)6-8-16(18)21(27)20-17-7-5-14(13-24)11-19(17)25(3)22(20)23/h5-8,11-12,26H,4,9-10H2,1-3H3. The number of hydrogen-bond acceptors (Lipinski definition) is 4. The van der Waals surface area contributed by atoms with Gasteiger partial charge in [0.1, 0.15) is 5.75 Å². The number of nitriles is 1. The number of aliphatic hydroxyl groups is 1. The van der Waals surface area contributed by atoms with E-state index >= 15 is 0 Å². The lowest BCUT2D eigenvalue weighted by Gasteiger charge is -2.33. The topological polar surface area (TPSA) is 75.2 Å². The summed E-state index contributed by atoms with van der Waals surface area (Å²) in [5, 5.41) is 19.1. The van der Waals surface area contributed by atoms with E-state index in [0.29, 0.717) is 35.5 Å². The Kier molecular flexibility index (Phi) is 4.24. The van der Waals surface area contributed by atoms with Crippen LogP contribution in [-0.2, 0) is 12.5 Å². The van der Waals surface area contributed by atoms with Crippen LogP contribution in [-0.4, -0.2) is 28.7 Å². The average molecular weight is 374 g/mol. The van der Waals surface area contributed by atoms with Crippen LogP contribution in [0.4, 0.5) is 0 Å². The minimum absolute atomic E-state index is 0.00143. The molecule has 1 aromatic heterocycles. The Hall–Kier alpha value is -3.10. The van der Waals surface area contributed by atoms with Crippen LogP contribution in [0.5, 0.6) is 5.75 Å². The highest BCUT2D eigenvalue weighted by atomic mass is 16.5. The highest BCUT2D eigenvalue weighted by molar-refractivity contribution is 6.20. The lowest BCUT2D eigenvalue weighted by Crippen LogP contribution is -2.32. The van der Waals surface area contributed by atoms with E-state index in [1.165, 1.54) is 0 Å². The van der Waals surface area contributed by atoms with Gasteiger partial charge in [0.25, 0.3) is 0 Å². The molecule has 0 radical (unpaired) electrons. The summed E-state index contributed by atoms with van der Waals surface area (Å²) in [7, 11) is 1.95. The molecule has 1 heterocycles. The molecule has 28 heavy (non-hydrogen) atoms. The lowest BCUT2D eigenvalue weighted by atomic mass is 9.71. The van der Waals surface area contributed by atoms with Crippen LogP contribution in [0.3, 0.4) is 0 Å². The highest BCUT2D eigenvalue weighted by Gasteiger charge is 2.41. The Labute approximate surface area is 163 Å². The monoisotopic (exact) mass is 374 g/mol. The number of rotatable bonds is 4. The Morgan fingerprint density at radius 1 is 1.21 bits per heavy atom. The third kappa shape index (κ3) is 2.53. The molecule has 0 fully saturated rings. The number of carbonyl (C=O) groups is 1. The molecule has 0 unspecified atom stereocenters. The number of nitrogens with zero attached hydrogens (tertiary/aromatic N) is 2. The minimum Gasteiger partial charge on any atom is -0.493 e. The minimum atomic E-state index is -0.407. The molecule has 0 saturated heterocycles. The van der Waals surface area contributed by atoms with Gasteiger partial charge in [-0.2, -0.15) is 5.26 Å². The molecule has 5 nitrogen and oxygen atoms in total. The summed E-state index contributed by atoms with van der Waals surface area (Å²) >= 11 is 0. The highest BCUT2D eigenvalue weighted by Crippen LogP contribution is 2.45. The van der Waals surface area contributed by atoms with Gasteiger partial charge in [0, 0.05) is 42.1 Å². The van der Waals surface area contributed by atoms with Crippen LogP contribution in [0.15, 0.2) is 36.4 Å². The zero-order valence-electron chi connectivity index (χ0n) is 16.2. The SMILES string of the molecule is Cn1c2c(c3ccc(C#N)cc31)C(=O)c1ccc(OCCCO)cc1C2(C)C. The molecule has 2 aromatic carbocycles. The van der Waals surface area contributed by atoms with Crippen molar-refractivity contribution in [3.8, 4) is 11.8 Å². The van der Waals surface area contributed by atoms with E-state index in [4.69, 9.17) is 9.84 Å². The number of aliphatic hydroxyl groups excluding tert-OH is 1. The van der Waals surface area contributed by atoms with E-state index in [9.17, 15) is 10.1 Å². The van der Waals surface area contributed by atoms with E-state index in [0.717, 1.165) is 22.2 Å². The van der Waals surface area contributed by atoms with Gasteiger partial charge in [0.15, 0.2) is 5.78 Å². The first-order valence-corrected chi connectivity index (χ1v) is 9.36. The Balaban J connectivity index is 1.92. The second-order valence-electron chi connectivity index (χ2n) is 7.71. The second kappa shape index (κ2) is 6.50. The van der Waals surface area contributed by atoms with Crippen molar-refractivity contribution in [2.24, 2.45) is 7.05 Å². The normalized spacial score (nSPS) is 14.5. The molecule has 5 heteroatoms. The van der Waals surface area contributed by atoms with E-state index in [1.54, 1.807) is 6.07 Å². The summed E-state index contributed by atoms with van der Waals surface area (Å²) in [6.45, 7) is 4.73. The third-order valence-corrected chi connectivity index (χ3v) is 5.63. The molecule has 0 spiro atoms. The summed E-state index contributed by atoms with van der Waals surface area (Å²) in [6.07, 6.45) is 0.563. The van der Waals surface area contributed by atoms with Crippen LogP contribution >= 0.6 is 0 Å². The molecule has 0 saturated carbocycles. The van der Waals surface area contributed by atoms with Crippen LogP contribution in [0.1, 0.15) is 53.0 Å². The van der Waals surface area contributed by atoms with Crippen molar-refractivity contribution in [1.82, 2.24) is 4.57 Å². The van der Waals surface area contributed by atoms with E-state index < -0.39 is 5.41 Å². The fraction of sp³-hybridized carbons (Fsp3) is 0.304. The van der Waals surface area contributed by atoms with Crippen LogP contribution in [0, 0.1) is 11.3 Å². The van der Waals surface area contributed by atoms with Crippen molar-refractivity contribution in [2.75, 3.05) is 13.2 Å². The Morgan fingerprint density at radius 3 is 2.71 bits per heavy atom. The van der Waals surface area contributed by atoms with Gasteiger partial charge in [0.2, 0.25) is 0 Å². The van der Waals surface area contributed by atoms with Gasteiger partial charge >= 0.3 is 0 Å². The van der Waals surface area contributed by atoms with Crippen molar-refractivity contribution >= 4 is 16.7 Å². The first-order chi connectivity index (χ1) is 13.4. The number of aromatic nitrogens is 1. The number of ether oxygens (including phenoxy) is 1. The van der Waals surface area contributed by atoms with E-state index in [2.05, 4.69) is 19.9 Å². The van der Waals surface area contributed by atoms with E-state index in [-0.39, 0.29) is 12.4 Å². The molecular weight excluding hydrogens is 352 g/mol. The molecule has 4 rings (SSSR count). The van der Waals surface area contributed by atoms with Gasteiger partial charge in [0.05, 0.1) is 29.3 Å². The molecule has 1 N–H and O–H groups in total. The maximum atomic E-state index is 13.4. The van der Waals surface area contributed by atoms with Gasteiger partial charge in [-0.1, -0.05) is 19.9 Å². The van der Waals surface area contributed by atoms with Crippen molar-refractivity contribution in [3.63, 3.8) is 0 Å². The predicted octanol–water partition coefficient (Wildman–Crippen LogP) is 3.68. The molecule has 142 valence electrons. The van der Waals surface area contributed by atoms with Gasteiger partial charge < -0.3 is 14.4 Å². The molecule has 0 bridgehead atoms. The van der Waals surface area contributed by atoms with E-state index in [1.807, 2.05) is 41.9 Å². The Bertz CT molecular complexity index is 1150. The predicted molar refractivity (Wildman–Crippen MR) is 107 cm³/mol. The summed E-state index contributed by atoms with van der Waals surface area (Å²) in [4.78, 5) is 13.4. The number of benzene rings is 2. The molecule has 3 aromatic rings. The zero-order valence-corrected chi connectivity index (χ0v) is 16.2. The quantitative estimate of drug-likeness (QED) is 0.707. The second-order valence-corrected chi connectivity index (χ2v) is 7.71. The summed E-state index contributed by atoms with van der Waals surface area (Å²) in [6, 6.07) is 13.2. The zero-order chi connectivity index (χ0) is 20.1. The van der Waals surface area contributed by atoms with Crippen molar-refractivity contribution in [1.29, 1.82) is 5.26 Å². The molecular formula is C23H22N2O3. The lowest BCUT2D eigenvalue weighted by molar-refractivity contribution is 0.103. The smallest absolute Gasteiger partial charge is 0.195 e. The van der Waals surface area contributed by atoms with Crippen molar-refractivity contribution < 1.29 is 14.6 Å². The van der Waals surface area contributed by atoms with Gasteiger partial charge in [-0.15, -0.1) is 0 Å². The number of hydrogen-bond donors (Lipinski definition) is 1. The molecule has 1 aliphatic rings. The summed E-state index contributed by atoms with van der Waals surface area (Å²) in [5.41, 5.74) is 4.33. The summed E-state index contributed by atoms with van der Waals surface area (Å²) < 4.78 is 7.77. The first-order valence-electron chi connectivity index (χ1n) is 9.36. The largest absolute Gasteiger partial charge is 0.493 e. The van der Waals surface area contributed by atoms with Gasteiger partial charge in [-0.3, -0.25) is 4.79 Å². The fourth-order valence-electron chi connectivity index (χ4n) is 4.31. The number of aryl methyl sites for hydroxylation is 1. The van der Waals surface area contributed by atoms with Crippen LogP contribution < -0.4 is 4.74 Å². The fourth-order valence-corrected chi connectivity index (χ4v) is 4.31. The maximum Gasteiger partial charge on any atom is 0.195 e. The maximum absolute atomic E-state index is 13.4. The molecule has 1 aliphatic carbocycles. The van der Waals surface area contributed by atoms with Crippen molar-refractivity contribution in [3.05, 3.63) is 64.3 Å². The van der Waals surface area contributed by atoms with Crippen LogP contribution in [0.2, 0.25) is 0 Å². The first kappa shape index (κ1) is 18.3. The van der Waals surface area contributed by atoms with Gasteiger partial charge in [-0.25, -0.2) is 0 Å². The number of fused-ring (bicyclic) bond motifs is 4. The summed E-state index contributed by atoms with van der Waals surface area (Å²) in [5.74, 6) is 0.698. The molecule has 0 amide bonds. The average Bonchev–Trinajstić information content (AvgIpc) is 2.99. The Morgan fingerprint density at radius 2 is 2.00 bits per heavy atom. The molecule has 0 atom stereocenters.